The summed E-state index contributed by atoms with van der Waals surface area (Å²) in [4.78, 5) is 17.8. The topological polar surface area (TPSA) is 59.0 Å². The Morgan fingerprint density at radius 1 is 1.05 bits per heavy atom. The molecule has 2 aromatic heterocycles. The molecule has 0 bridgehead atoms. The third-order valence-electron chi connectivity index (χ3n) is 2.95. The second kappa shape index (κ2) is 5.80. The monoisotopic (exact) mass is 296 g/mol. The van der Waals surface area contributed by atoms with E-state index in [9.17, 15) is 4.79 Å². The van der Waals surface area contributed by atoms with Gasteiger partial charge < -0.3 is 0 Å². The highest BCUT2D eigenvalue weighted by Gasteiger charge is 2.17. The Morgan fingerprint density at radius 2 is 1.76 bits per heavy atom. The molecule has 3 rings (SSSR count). The Balaban J connectivity index is 1.85. The van der Waals surface area contributed by atoms with E-state index in [-0.39, 0.29) is 5.91 Å². The van der Waals surface area contributed by atoms with Gasteiger partial charge in [0.15, 0.2) is 0 Å². The lowest BCUT2D eigenvalue weighted by Gasteiger charge is -2.12. The number of carbonyl (C=O) groups is 1. The quantitative estimate of drug-likeness (QED) is 0.745. The van der Waals surface area contributed by atoms with E-state index in [4.69, 9.17) is 0 Å². The van der Waals surface area contributed by atoms with Crippen LogP contribution in [0.15, 0.2) is 54.9 Å². The van der Waals surface area contributed by atoms with E-state index >= 15 is 0 Å². The van der Waals surface area contributed by atoms with Crippen LogP contribution >= 0.6 is 11.3 Å². The molecule has 21 heavy (non-hydrogen) atoms. The van der Waals surface area contributed by atoms with Gasteiger partial charge in [-0.25, -0.2) is 0 Å². The summed E-state index contributed by atoms with van der Waals surface area (Å²) in [5.74, 6) is -0.104. The van der Waals surface area contributed by atoms with E-state index in [0.29, 0.717) is 10.7 Å². The molecule has 2 heterocycles. The molecule has 0 atom stereocenters. The predicted molar refractivity (Wildman–Crippen MR) is 82.3 cm³/mol. The van der Waals surface area contributed by atoms with Crippen molar-refractivity contribution in [3.05, 3.63) is 60.4 Å². The molecule has 0 aliphatic heterocycles. The van der Waals surface area contributed by atoms with Crippen molar-refractivity contribution in [2.75, 3.05) is 11.9 Å². The van der Waals surface area contributed by atoms with Gasteiger partial charge >= 0.3 is 0 Å². The zero-order valence-electron chi connectivity index (χ0n) is 11.3. The molecule has 0 unspecified atom stereocenters. The first-order chi connectivity index (χ1) is 10.3. The van der Waals surface area contributed by atoms with Crippen LogP contribution in [0.5, 0.6) is 0 Å². The van der Waals surface area contributed by atoms with Crippen molar-refractivity contribution in [3.63, 3.8) is 0 Å². The maximum atomic E-state index is 12.3. The van der Waals surface area contributed by atoms with E-state index in [1.54, 1.807) is 31.6 Å². The minimum absolute atomic E-state index is 0.104. The molecule has 1 aromatic carbocycles. The highest BCUT2D eigenvalue weighted by molar-refractivity contribution is 7.18. The summed E-state index contributed by atoms with van der Waals surface area (Å²) in [6.45, 7) is 0. The summed E-state index contributed by atoms with van der Waals surface area (Å²) >= 11 is 1.37. The molecule has 0 N–H and O–H groups in total. The van der Waals surface area contributed by atoms with Gasteiger partial charge in [0.25, 0.3) is 5.91 Å². The molecule has 0 aliphatic rings. The molecule has 6 heteroatoms. The van der Waals surface area contributed by atoms with Gasteiger partial charge in [0.2, 0.25) is 5.13 Å². The molecule has 104 valence electrons. The van der Waals surface area contributed by atoms with Gasteiger partial charge in [-0.15, -0.1) is 10.2 Å². The first-order valence-electron chi connectivity index (χ1n) is 6.33. The molecule has 0 aliphatic carbocycles. The van der Waals surface area contributed by atoms with E-state index < -0.39 is 0 Å². The van der Waals surface area contributed by atoms with Gasteiger partial charge in [-0.2, -0.15) is 0 Å². The van der Waals surface area contributed by atoms with Crippen LogP contribution in [0.1, 0.15) is 10.4 Å². The number of anilines is 1. The third-order valence-corrected chi connectivity index (χ3v) is 4.00. The number of pyridine rings is 1. The summed E-state index contributed by atoms with van der Waals surface area (Å²) in [5, 5.41) is 9.55. The number of hydrogen-bond acceptors (Lipinski definition) is 5. The Bertz CT molecular complexity index is 743. The zero-order valence-corrected chi connectivity index (χ0v) is 12.1. The number of rotatable bonds is 3. The number of aromatic nitrogens is 3. The molecular weight excluding hydrogens is 284 g/mol. The van der Waals surface area contributed by atoms with E-state index in [0.717, 1.165) is 10.6 Å². The van der Waals surface area contributed by atoms with Crippen LogP contribution in [0.25, 0.3) is 10.6 Å². The number of benzene rings is 1. The predicted octanol–water partition coefficient (Wildman–Crippen LogP) is 2.88. The van der Waals surface area contributed by atoms with Crippen LogP contribution < -0.4 is 4.90 Å². The Kier molecular flexibility index (Phi) is 3.70. The van der Waals surface area contributed by atoms with Gasteiger partial charge in [0.05, 0.1) is 0 Å². The van der Waals surface area contributed by atoms with Crippen LogP contribution in [-0.2, 0) is 0 Å². The molecule has 1 amide bonds. The first kappa shape index (κ1) is 13.4. The van der Waals surface area contributed by atoms with Gasteiger partial charge in [-0.05, 0) is 24.3 Å². The van der Waals surface area contributed by atoms with E-state index in [2.05, 4.69) is 15.2 Å². The van der Waals surface area contributed by atoms with Crippen molar-refractivity contribution >= 4 is 22.4 Å². The molecule has 0 spiro atoms. The summed E-state index contributed by atoms with van der Waals surface area (Å²) in [5.41, 5.74) is 1.56. The number of hydrogen-bond donors (Lipinski definition) is 0. The summed E-state index contributed by atoms with van der Waals surface area (Å²) < 4.78 is 0. The number of amides is 1. The van der Waals surface area contributed by atoms with Crippen molar-refractivity contribution < 1.29 is 4.79 Å². The van der Waals surface area contributed by atoms with Gasteiger partial charge in [0, 0.05) is 30.6 Å². The van der Waals surface area contributed by atoms with Crippen LogP contribution in [0.2, 0.25) is 0 Å². The minimum Gasteiger partial charge on any atom is -0.286 e. The molecule has 3 aromatic rings. The maximum Gasteiger partial charge on any atom is 0.259 e. The molecule has 0 saturated heterocycles. The normalized spacial score (nSPS) is 10.3. The Hall–Kier alpha value is -2.60. The standard InChI is InChI=1S/C15H12N4OS/c1-19(14(20)12-5-3-2-4-6-12)15-18-17-13(21-15)11-7-9-16-10-8-11/h2-10H,1H3. The van der Waals surface area contributed by atoms with Crippen molar-refractivity contribution in [2.45, 2.75) is 0 Å². The molecule has 0 radical (unpaired) electrons. The Morgan fingerprint density at radius 3 is 2.48 bits per heavy atom. The first-order valence-corrected chi connectivity index (χ1v) is 7.14. The van der Waals surface area contributed by atoms with E-state index in [1.807, 2.05) is 30.3 Å². The van der Waals surface area contributed by atoms with E-state index in [1.165, 1.54) is 16.2 Å². The maximum absolute atomic E-state index is 12.3. The molecular formula is C15H12N4OS. The lowest BCUT2D eigenvalue weighted by atomic mass is 10.2. The fraction of sp³-hybridized carbons (Fsp3) is 0.0667. The van der Waals surface area contributed by atoms with Crippen LogP contribution in [0.3, 0.4) is 0 Å². The van der Waals surface area contributed by atoms with Crippen LogP contribution in [0.4, 0.5) is 5.13 Å². The molecule has 0 fully saturated rings. The Labute approximate surface area is 125 Å². The van der Waals surface area contributed by atoms with Crippen molar-refractivity contribution in [2.24, 2.45) is 0 Å². The van der Waals surface area contributed by atoms with Crippen LogP contribution in [-0.4, -0.2) is 28.1 Å². The molecule has 0 saturated carbocycles. The summed E-state index contributed by atoms with van der Waals surface area (Å²) in [7, 11) is 1.70. The summed E-state index contributed by atoms with van der Waals surface area (Å²) in [6, 6.07) is 12.8. The average Bonchev–Trinajstić information content (AvgIpc) is 3.05. The minimum atomic E-state index is -0.104. The fourth-order valence-electron chi connectivity index (χ4n) is 1.82. The smallest absolute Gasteiger partial charge is 0.259 e. The number of carbonyl (C=O) groups excluding carboxylic acids is 1. The SMILES string of the molecule is CN(C(=O)c1ccccc1)c1nnc(-c2ccncc2)s1. The lowest BCUT2D eigenvalue weighted by Crippen LogP contribution is -2.25. The largest absolute Gasteiger partial charge is 0.286 e. The lowest BCUT2D eigenvalue weighted by molar-refractivity contribution is 0.0993. The van der Waals surface area contributed by atoms with Gasteiger partial charge in [-0.3, -0.25) is 14.7 Å². The molecule has 5 nitrogen and oxygen atoms in total. The highest BCUT2D eigenvalue weighted by Crippen LogP contribution is 2.28. The van der Waals surface area contributed by atoms with Crippen LogP contribution in [0, 0.1) is 0 Å². The second-order valence-electron chi connectivity index (χ2n) is 4.36. The zero-order chi connectivity index (χ0) is 14.7. The van der Waals surface area contributed by atoms with Crippen molar-refractivity contribution in [3.8, 4) is 10.6 Å². The van der Waals surface area contributed by atoms with Crippen molar-refractivity contribution in [1.29, 1.82) is 0 Å². The third kappa shape index (κ3) is 2.80. The van der Waals surface area contributed by atoms with Gasteiger partial charge in [0.1, 0.15) is 5.01 Å². The highest BCUT2D eigenvalue weighted by atomic mass is 32.1. The summed E-state index contributed by atoms with van der Waals surface area (Å²) in [6.07, 6.45) is 3.41. The second-order valence-corrected chi connectivity index (χ2v) is 5.31. The average molecular weight is 296 g/mol. The van der Waals surface area contributed by atoms with Crippen molar-refractivity contribution in [1.82, 2.24) is 15.2 Å². The number of nitrogens with zero attached hydrogens (tertiary/aromatic N) is 4. The van der Waals surface area contributed by atoms with Gasteiger partial charge in [-0.1, -0.05) is 29.5 Å². The fourth-order valence-corrected chi connectivity index (χ4v) is 2.63.